The van der Waals surface area contributed by atoms with E-state index < -0.39 is 0 Å². The molecule has 2 aromatic rings. The second kappa shape index (κ2) is 6.13. The maximum atomic E-state index is 12.2. The Labute approximate surface area is 130 Å². The number of rotatable bonds is 5. The first kappa shape index (κ1) is 14.5. The molecule has 0 bridgehead atoms. The van der Waals surface area contributed by atoms with Crippen LogP contribution in [0.5, 0.6) is 0 Å². The highest BCUT2D eigenvalue weighted by atomic mass is 16.1. The molecule has 0 spiro atoms. The first-order valence-electron chi connectivity index (χ1n) is 7.62. The molecular formula is C17H20N4O. The summed E-state index contributed by atoms with van der Waals surface area (Å²) >= 11 is 0. The van der Waals surface area contributed by atoms with Crippen LogP contribution >= 0.6 is 0 Å². The Morgan fingerprint density at radius 1 is 1.14 bits per heavy atom. The topological polar surface area (TPSA) is 66.9 Å². The SMILES string of the molecule is CC(C)c1ccc(NC(=O)c2cnc(NC3CC3)nc2)cc1. The molecule has 114 valence electrons. The highest BCUT2D eigenvalue weighted by Gasteiger charge is 2.21. The van der Waals surface area contributed by atoms with Crippen molar-refractivity contribution in [3.05, 3.63) is 47.8 Å². The third-order valence-corrected chi connectivity index (χ3v) is 3.66. The zero-order chi connectivity index (χ0) is 15.5. The van der Waals surface area contributed by atoms with Gasteiger partial charge in [-0.05, 0) is 36.5 Å². The Kier molecular flexibility index (Phi) is 4.04. The molecule has 0 saturated heterocycles. The summed E-state index contributed by atoms with van der Waals surface area (Å²) in [5.74, 6) is 0.861. The van der Waals surface area contributed by atoms with Crippen LogP contribution in [0.3, 0.4) is 0 Å². The summed E-state index contributed by atoms with van der Waals surface area (Å²) in [5.41, 5.74) is 2.47. The van der Waals surface area contributed by atoms with Gasteiger partial charge in [-0.1, -0.05) is 26.0 Å². The van der Waals surface area contributed by atoms with Crippen LogP contribution < -0.4 is 10.6 Å². The number of nitrogens with zero attached hydrogens (tertiary/aromatic N) is 2. The third-order valence-electron chi connectivity index (χ3n) is 3.66. The predicted octanol–water partition coefficient (Wildman–Crippen LogP) is 3.43. The molecule has 0 unspecified atom stereocenters. The van der Waals surface area contributed by atoms with Gasteiger partial charge in [-0.25, -0.2) is 9.97 Å². The minimum atomic E-state index is -0.199. The van der Waals surface area contributed by atoms with Gasteiger partial charge in [0.1, 0.15) is 0 Å². The van der Waals surface area contributed by atoms with Gasteiger partial charge >= 0.3 is 0 Å². The van der Waals surface area contributed by atoms with Crippen molar-refractivity contribution in [1.82, 2.24) is 9.97 Å². The minimum Gasteiger partial charge on any atom is -0.351 e. The van der Waals surface area contributed by atoms with E-state index in [0.29, 0.717) is 23.5 Å². The number of carbonyl (C=O) groups is 1. The van der Waals surface area contributed by atoms with Gasteiger partial charge < -0.3 is 10.6 Å². The summed E-state index contributed by atoms with van der Waals surface area (Å²) in [6.07, 6.45) is 5.43. The lowest BCUT2D eigenvalue weighted by molar-refractivity contribution is 0.102. The summed E-state index contributed by atoms with van der Waals surface area (Å²) in [6.45, 7) is 4.28. The van der Waals surface area contributed by atoms with E-state index in [9.17, 15) is 4.79 Å². The lowest BCUT2D eigenvalue weighted by Crippen LogP contribution is -2.13. The molecule has 2 N–H and O–H groups in total. The lowest BCUT2D eigenvalue weighted by Gasteiger charge is -2.08. The van der Waals surface area contributed by atoms with Crippen molar-refractivity contribution in [3.63, 3.8) is 0 Å². The van der Waals surface area contributed by atoms with Crippen molar-refractivity contribution in [2.24, 2.45) is 0 Å². The number of nitrogens with one attached hydrogen (secondary N) is 2. The van der Waals surface area contributed by atoms with Crippen molar-refractivity contribution in [2.45, 2.75) is 38.6 Å². The van der Waals surface area contributed by atoms with Gasteiger partial charge in [-0.15, -0.1) is 0 Å². The monoisotopic (exact) mass is 296 g/mol. The average molecular weight is 296 g/mol. The molecular weight excluding hydrogens is 276 g/mol. The number of benzene rings is 1. The van der Waals surface area contributed by atoms with Crippen LogP contribution in [-0.2, 0) is 0 Å². The van der Waals surface area contributed by atoms with Gasteiger partial charge in [-0.3, -0.25) is 4.79 Å². The number of aromatic nitrogens is 2. The number of hydrogen-bond acceptors (Lipinski definition) is 4. The Hall–Kier alpha value is -2.43. The molecule has 5 nitrogen and oxygen atoms in total. The zero-order valence-corrected chi connectivity index (χ0v) is 12.8. The molecule has 22 heavy (non-hydrogen) atoms. The van der Waals surface area contributed by atoms with E-state index in [0.717, 1.165) is 18.5 Å². The second-order valence-electron chi connectivity index (χ2n) is 5.94. The molecule has 0 aliphatic heterocycles. The number of amides is 1. The number of carbonyl (C=O) groups excluding carboxylic acids is 1. The summed E-state index contributed by atoms with van der Waals surface area (Å²) in [6, 6.07) is 8.38. The summed E-state index contributed by atoms with van der Waals surface area (Å²) in [7, 11) is 0. The van der Waals surface area contributed by atoms with Gasteiger partial charge in [0.2, 0.25) is 5.95 Å². The van der Waals surface area contributed by atoms with Crippen molar-refractivity contribution < 1.29 is 4.79 Å². The highest BCUT2D eigenvalue weighted by Crippen LogP contribution is 2.22. The maximum Gasteiger partial charge on any atom is 0.258 e. The Balaban J connectivity index is 1.62. The van der Waals surface area contributed by atoms with E-state index in [1.807, 2.05) is 24.3 Å². The van der Waals surface area contributed by atoms with E-state index >= 15 is 0 Å². The quantitative estimate of drug-likeness (QED) is 0.887. The zero-order valence-electron chi connectivity index (χ0n) is 12.8. The molecule has 1 saturated carbocycles. The molecule has 3 rings (SSSR count). The van der Waals surface area contributed by atoms with Crippen LogP contribution in [0, 0.1) is 0 Å². The molecule has 1 amide bonds. The molecule has 1 aliphatic carbocycles. The molecule has 1 aliphatic rings. The van der Waals surface area contributed by atoms with Gasteiger partial charge in [-0.2, -0.15) is 0 Å². The first-order valence-corrected chi connectivity index (χ1v) is 7.62. The van der Waals surface area contributed by atoms with Crippen molar-refractivity contribution >= 4 is 17.5 Å². The van der Waals surface area contributed by atoms with E-state index in [1.54, 1.807) is 12.4 Å². The van der Waals surface area contributed by atoms with Crippen LogP contribution in [0.2, 0.25) is 0 Å². The van der Waals surface area contributed by atoms with E-state index in [1.165, 1.54) is 5.56 Å². The molecule has 1 aromatic heterocycles. The Morgan fingerprint density at radius 2 is 1.77 bits per heavy atom. The third kappa shape index (κ3) is 3.61. The van der Waals surface area contributed by atoms with Gasteiger partial charge in [0.05, 0.1) is 5.56 Å². The van der Waals surface area contributed by atoms with E-state index in [-0.39, 0.29) is 5.91 Å². The lowest BCUT2D eigenvalue weighted by atomic mass is 10.0. The van der Waals surface area contributed by atoms with E-state index in [2.05, 4.69) is 34.4 Å². The van der Waals surface area contributed by atoms with Gasteiger partial charge in [0, 0.05) is 24.1 Å². The molecule has 1 heterocycles. The molecule has 1 fully saturated rings. The fourth-order valence-corrected chi connectivity index (χ4v) is 2.08. The van der Waals surface area contributed by atoms with Crippen LogP contribution in [0.4, 0.5) is 11.6 Å². The molecule has 0 radical (unpaired) electrons. The van der Waals surface area contributed by atoms with Crippen molar-refractivity contribution in [3.8, 4) is 0 Å². The smallest absolute Gasteiger partial charge is 0.258 e. The average Bonchev–Trinajstić information content (AvgIpc) is 3.32. The second-order valence-corrected chi connectivity index (χ2v) is 5.94. The normalized spacial score (nSPS) is 14.0. The summed E-state index contributed by atoms with van der Waals surface area (Å²) in [4.78, 5) is 20.5. The number of anilines is 2. The van der Waals surface area contributed by atoms with Crippen LogP contribution in [0.25, 0.3) is 0 Å². The highest BCUT2D eigenvalue weighted by molar-refractivity contribution is 6.03. The Morgan fingerprint density at radius 3 is 2.32 bits per heavy atom. The summed E-state index contributed by atoms with van der Waals surface area (Å²) < 4.78 is 0. The van der Waals surface area contributed by atoms with Crippen LogP contribution in [0.15, 0.2) is 36.7 Å². The fourth-order valence-electron chi connectivity index (χ4n) is 2.08. The Bertz CT molecular complexity index is 645. The van der Waals surface area contributed by atoms with Crippen molar-refractivity contribution in [2.75, 3.05) is 10.6 Å². The number of hydrogen-bond donors (Lipinski definition) is 2. The molecule has 0 atom stereocenters. The van der Waals surface area contributed by atoms with Gasteiger partial charge in [0.15, 0.2) is 0 Å². The standard InChI is InChI=1S/C17H20N4O/c1-11(2)12-3-5-14(6-4-12)20-16(22)13-9-18-17(19-10-13)21-15-7-8-15/h3-6,9-11,15H,7-8H2,1-2H3,(H,20,22)(H,18,19,21). The van der Waals surface area contributed by atoms with Gasteiger partial charge in [0.25, 0.3) is 5.91 Å². The maximum absolute atomic E-state index is 12.2. The fraction of sp³-hybridized carbons (Fsp3) is 0.353. The van der Waals surface area contributed by atoms with Crippen LogP contribution in [-0.4, -0.2) is 21.9 Å². The van der Waals surface area contributed by atoms with Crippen LogP contribution in [0.1, 0.15) is 48.5 Å². The summed E-state index contributed by atoms with van der Waals surface area (Å²) in [5, 5.41) is 6.05. The van der Waals surface area contributed by atoms with Crippen molar-refractivity contribution in [1.29, 1.82) is 0 Å². The minimum absolute atomic E-state index is 0.199. The first-order chi connectivity index (χ1) is 10.6. The van der Waals surface area contributed by atoms with E-state index in [4.69, 9.17) is 0 Å². The molecule has 5 heteroatoms. The predicted molar refractivity (Wildman–Crippen MR) is 87.2 cm³/mol. The molecule has 1 aromatic carbocycles. The largest absolute Gasteiger partial charge is 0.351 e.